The Balaban J connectivity index is 1.54. The van der Waals surface area contributed by atoms with Crippen LogP contribution in [0.25, 0.3) is 0 Å². The van der Waals surface area contributed by atoms with Gasteiger partial charge in [0.1, 0.15) is 12.3 Å². The molecule has 1 saturated carbocycles. The standard InChI is InChI=1S/C14H21N3O2/c15-11-9-13(17(10-11)12-3-4-12)14(18)19-8-7-16-5-1-2-6-16/h9-10,12H,1-8,15H2. The quantitative estimate of drug-likeness (QED) is 0.821. The highest BCUT2D eigenvalue weighted by Crippen LogP contribution is 2.37. The van der Waals surface area contributed by atoms with Crippen molar-refractivity contribution in [2.75, 3.05) is 32.0 Å². The first-order valence-corrected chi connectivity index (χ1v) is 7.11. The monoisotopic (exact) mass is 263 g/mol. The van der Waals surface area contributed by atoms with Crippen LogP contribution in [0.3, 0.4) is 0 Å². The van der Waals surface area contributed by atoms with Crippen LogP contribution in [0.5, 0.6) is 0 Å². The van der Waals surface area contributed by atoms with Gasteiger partial charge in [0.25, 0.3) is 0 Å². The summed E-state index contributed by atoms with van der Waals surface area (Å²) >= 11 is 0. The lowest BCUT2D eigenvalue weighted by molar-refractivity contribution is 0.0459. The lowest BCUT2D eigenvalue weighted by Crippen LogP contribution is -2.25. The van der Waals surface area contributed by atoms with E-state index in [0.717, 1.165) is 32.5 Å². The predicted octanol–water partition coefficient (Wildman–Crippen LogP) is 1.66. The molecule has 0 bridgehead atoms. The van der Waals surface area contributed by atoms with Gasteiger partial charge in [0.05, 0.1) is 5.69 Å². The maximum absolute atomic E-state index is 12.1. The molecule has 1 aromatic rings. The second-order valence-electron chi connectivity index (χ2n) is 5.48. The smallest absolute Gasteiger partial charge is 0.355 e. The Morgan fingerprint density at radius 1 is 1.37 bits per heavy atom. The van der Waals surface area contributed by atoms with E-state index in [0.29, 0.717) is 24.0 Å². The van der Waals surface area contributed by atoms with E-state index >= 15 is 0 Å². The maximum atomic E-state index is 12.1. The van der Waals surface area contributed by atoms with E-state index in [-0.39, 0.29) is 5.97 Å². The molecule has 3 rings (SSSR count). The number of rotatable bonds is 5. The number of likely N-dealkylation sites (tertiary alicyclic amines) is 1. The highest BCUT2D eigenvalue weighted by Gasteiger charge is 2.28. The summed E-state index contributed by atoms with van der Waals surface area (Å²) in [5.41, 5.74) is 7.01. The van der Waals surface area contributed by atoms with E-state index in [4.69, 9.17) is 10.5 Å². The Morgan fingerprint density at radius 3 is 2.79 bits per heavy atom. The summed E-state index contributed by atoms with van der Waals surface area (Å²) in [6.45, 7) is 3.56. The van der Waals surface area contributed by atoms with Gasteiger partial charge in [-0.25, -0.2) is 4.79 Å². The summed E-state index contributed by atoms with van der Waals surface area (Å²) in [5.74, 6) is -0.247. The van der Waals surface area contributed by atoms with Gasteiger partial charge in [-0.05, 0) is 44.8 Å². The first kappa shape index (κ1) is 12.5. The van der Waals surface area contributed by atoms with Crippen molar-refractivity contribution < 1.29 is 9.53 Å². The van der Waals surface area contributed by atoms with Gasteiger partial charge < -0.3 is 15.0 Å². The third kappa shape index (κ3) is 2.92. The summed E-state index contributed by atoms with van der Waals surface area (Å²) in [6.07, 6.45) is 6.61. The molecule has 0 radical (unpaired) electrons. The summed E-state index contributed by atoms with van der Waals surface area (Å²) in [5, 5.41) is 0. The maximum Gasteiger partial charge on any atom is 0.355 e. The van der Waals surface area contributed by atoms with Gasteiger partial charge in [-0.15, -0.1) is 0 Å². The van der Waals surface area contributed by atoms with Gasteiger partial charge in [-0.3, -0.25) is 4.90 Å². The van der Waals surface area contributed by atoms with E-state index in [1.54, 1.807) is 6.07 Å². The Hall–Kier alpha value is -1.49. The lowest BCUT2D eigenvalue weighted by atomic mass is 10.4. The first-order valence-electron chi connectivity index (χ1n) is 7.11. The minimum absolute atomic E-state index is 0.247. The van der Waals surface area contributed by atoms with Crippen LogP contribution in [0.2, 0.25) is 0 Å². The number of nitrogens with two attached hydrogens (primary N) is 1. The van der Waals surface area contributed by atoms with E-state index < -0.39 is 0 Å². The van der Waals surface area contributed by atoms with Crippen molar-refractivity contribution in [1.29, 1.82) is 0 Å². The highest BCUT2D eigenvalue weighted by molar-refractivity contribution is 5.89. The largest absolute Gasteiger partial charge is 0.460 e. The fourth-order valence-electron chi connectivity index (χ4n) is 2.67. The topological polar surface area (TPSA) is 60.5 Å². The molecule has 1 aliphatic carbocycles. The van der Waals surface area contributed by atoms with Gasteiger partial charge in [-0.2, -0.15) is 0 Å². The summed E-state index contributed by atoms with van der Waals surface area (Å²) in [6, 6.07) is 2.16. The number of nitrogen functional groups attached to an aromatic ring is 1. The highest BCUT2D eigenvalue weighted by atomic mass is 16.5. The van der Waals surface area contributed by atoms with Crippen LogP contribution in [0, 0.1) is 0 Å². The molecule has 1 aliphatic heterocycles. The molecule has 2 fully saturated rings. The van der Waals surface area contributed by atoms with Crippen LogP contribution in [0.1, 0.15) is 42.2 Å². The van der Waals surface area contributed by atoms with Crippen molar-refractivity contribution in [3.05, 3.63) is 18.0 Å². The molecule has 2 aliphatic rings. The average molecular weight is 263 g/mol. The number of carbonyl (C=O) groups excluding carboxylic acids is 1. The van der Waals surface area contributed by atoms with Crippen molar-refractivity contribution in [3.63, 3.8) is 0 Å². The number of ether oxygens (including phenoxy) is 1. The van der Waals surface area contributed by atoms with Gasteiger partial charge in [0, 0.05) is 18.8 Å². The van der Waals surface area contributed by atoms with Gasteiger partial charge >= 0.3 is 5.97 Å². The van der Waals surface area contributed by atoms with Crippen molar-refractivity contribution in [2.24, 2.45) is 0 Å². The second-order valence-corrected chi connectivity index (χ2v) is 5.48. The molecule has 0 atom stereocenters. The molecule has 0 amide bonds. The zero-order chi connectivity index (χ0) is 13.2. The normalized spacial score (nSPS) is 19.8. The zero-order valence-corrected chi connectivity index (χ0v) is 11.2. The SMILES string of the molecule is Nc1cc(C(=O)OCCN2CCCC2)n(C2CC2)c1. The molecule has 2 N–H and O–H groups in total. The fraction of sp³-hybridized carbons (Fsp3) is 0.643. The number of aromatic nitrogens is 1. The molecule has 1 saturated heterocycles. The summed E-state index contributed by atoms with van der Waals surface area (Å²) < 4.78 is 7.33. The Morgan fingerprint density at radius 2 is 2.11 bits per heavy atom. The number of nitrogens with zero attached hydrogens (tertiary/aromatic N) is 2. The third-order valence-corrected chi connectivity index (χ3v) is 3.86. The van der Waals surface area contributed by atoms with Gasteiger partial charge in [-0.1, -0.05) is 0 Å². The molecule has 5 heteroatoms. The number of hydrogen-bond acceptors (Lipinski definition) is 4. The van der Waals surface area contributed by atoms with E-state index in [9.17, 15) is 4.79 Å². The molecule has 1 aromatic heterocycles. The van der Waals surface area contributed by atoms with Crippen LogP contribution in [-0.2, 0) is 4.74 Å². The van der Waals surface area contributed by atoms with Crippen LogP contribution < -0.4 is 5.73 Å². The molecular formula is C14H21N3O2. The lowest BCUT2D eigenvalue weighted by Gasteiger charge is -2.14. The van der Waals surface area contributed by atoms with Crippen molar-refractivity contribution >= 4 is 11.7 Å². The first-order chi connectivity index (χ1) is 9.24. The summed E-state index contributed by atoms with van der Waals surface area (Å²) in [4.78, 5) is 14.4. The van der Waals surface area contributed by atoms with Gasteiger partial charge in [0.2, 0.25) is 0 Å². The third-order valence-electron chi connectivity index (χ3n) is 3.86. The predicted molar refractivity (Wildman–Crippen MR) is 73.1 cm³/mol. The molecule has 19 heavy (non-hydrogen) atoms. The number of esters is 1. The van der Waals surface area contributed by atoms with E-state index in [1.165, 1.54) is 12.8 Å². The molecule has 2 heterocycles. The Kier molecular flexibility index (Phi) is 3.46. The molecule has 0 spiro atoms. The number of hydrogen-bond donors (Lipinski definition) is 1. The molecular weight excluding hydrogens is 242 g/mol. The minimum atomic E-state index is -0.247. The van der Waals surface area contributed by atoms with Crippen LogP contribution in [-0.4, -0.2) is 41.7 Å². The molecule has 0 aromatic carbocycles. The molecule has 0 unspecified atom stereocenters. The Bertz CT molecular complexity index is 459. The van der Waals surface area contributed by atoms with E-state index in [1.807, 2.05) is 10.8 Å². The number of carbonyl (C=O) groups is 1. The zero-order valence-electron chi connectivity index (χ0n) is 11.2. The fourth-order valence-corrected chi connectivity index (χ4v) is 2.67. The van der Waals surface area contributed by atoms with Gasteiger partial charge in [0.15, 0.2) is 0 Å². The van der Waals surface area contributed by atoms with Crippen LogP contribution in [0.15, 0.2) is 12.3 Å². The molecule has 5 nitrogen and oxygen atoms in total. The van der Waals surface area contributed by atoms with Crippen molar-refractivity contribution in [1.82, 2.24) is 9.47 Å². The average Bonchev–Trinajstić information content (AvgIpc) is 2.96. The van der Waals surface area contributed by atoms with Crippen LogP contribution >= 0.6 is 0 Å². The summed E-state index contributed by atoms with van der Waals surface area (Å²) in [7, 11) is 0. The molecule has 104 valence electrons. The van der Waals surface area contributed by atoms with Crippen molar-refractivity contribution in [2.45, 2.75) is 31.7 Å². The van der Waals surface area contributed by atoms with Crippen molar-refractivity contribution in [3.8, 4) is 0 Å². The van der Waals surface area contributed by atoms with E-state index in [2.05, 4.69) is 4.90 Å². The minimum Gasteiger partial charge on any atom is -0.460 e. The second kappa shape index (κ2) is 5.25. The van der Waals surface area contributed by atoms with Crippen LogP contribution in [0.4, 0.5) is 5.69 Å². The number of anilines is 1. The Labute approximate surface area is 113 Å².